The van der Waals surface area contributed by atoms with Crippen molar-refractivity contribution in [2.45, 2.75) is 123 Å². The zero-order valence-corrected chi connectivity index (χ0v) is 33.2. The van der Waals surface area contributed by atoms with Gasteiger partial charge in [-0.3, -0.25) is 19.3 Å². The van der Waals surface area contributed by atoms with Crippen LogP contribution in [0.1, 0.15) is 129 Å². The first-order valence-corrected chi connectivity index (χ1v) is 21.3. The van der Waals surface area contributed by atoms with Gasteiger partial charge in [-0.25, -0.2) is 0 Å². The molecular formula is C39H56N2O9Si. The quantitative estimate of drug-likeness (QED) is 0.115. The van der Waals surface area contributed by atoms with Crippen molar-refractivity contribution in [3.63, 3.8) is 0 Å². The third kappa shape index (κ3) is 6.56. The Bertz CT molecular complexity index is 1700. The van der Waals surface area contributed by atoms with Crippen molar-refractivity contribution < 1.29 is 42.6 Å². The third-order valence-corrected chi connectivity index (χ3v) is 15.5. The number of aliphatic hydroxyl groups excluding tert-OH is 1. The summed E-state index contributed by atoms with van der Waals surface area (Å²) >= 11 is 0. The molecule has 1 heterocycles. The topological polar surface area (TPSA) is 138 Å². The van der Waals surface area contributed by atoms with Crippen molar-refractivity contribution in [3.8, 4) is 17.4 Å². The van der Waals surface area contributed by atoms with E-state index < -0.39 is 43.4 Å². The summed E-state index contributed by atoms with van der Waals surface area (Å²) in [5.74, 6) is -1.51. The van der Waals surface area contributed by atoms with E-state index in [0.29, 0.717) is 42.3 Å². The lowest BCUT2D eigenvalue weighted by molar-refractivity contribution is -0.0481. The van der Waals surface area contributed by atoms with Gasteiger partial charge in [-0.1, -0.05) is 47.5 Å². The van der Waals surface area contributed by atoms with Gasteiger partial charge in [-0.2, -0.15) is 0 Å². The number of carbonyl (C=O) groups is 3. The van der Waals surface area contributed by atoms with Crippen LogP contribution in [0, 0.1) is 11.8 Å². The smallest absolute Gasteiger partial charge is 0.265 e. The second-order valence-corrected chi connectivity index (χ2v) is 21.0. The number of nitrogens with zero attached hydrogens (tertiary/aromatic N) is 2. The minimum Gasteiger partial charge on any atom is -0.508 e. The van der Waals surface area contributed by atoms with Crippen LogP contribution in [0.3, 0.4) is 0 Å². The molecule has 3 aliphatic rings. The summed E-state index contributed by atoms with van der Waals surface area (Å²) in [6, 6.07) is 0.999. The molecule has 1 aromatic carbocycles. The number of aromatic nitrogens is 1. The Morgan fingerprint density at radius 1 is 1.10 bits per heavy atom. The molecule has 51 heavy (non-hydrogen) atoms. The number of unbranched alkanes of at least 4 members (excludes halogenated alkanes) is 2. The lowest BCUT2D eigenvalue weighted by Crippen LogP contribution is -2.65. The molecule has 2 aromatic rings. The van der Waals surface area contributed by atoms with E-state index in [0.717, 1.165) is 32.0 Å². The van der Waals surface area contributed by atoms with Crippen LogP contribution in [-0.2, 0) is 10.8 Å². The number of fused-ring (bicyclic) bond motifs is 4. The van der Waals surface area contributed by atoms with Crippen LogP contribution in [0.5, 0.6) is 17.4 Å². The zero-order chi connectivity index (χ0) is 37.6. The molecule has 4 atom stereocenters. The first-order valence-electron chi connectivity index (χ1n) is 18.4. The van der Waals surface area contributed by atoms with Gasteiger partial charge >= 0.3 is 0 Å². The van der Waals surface area contributed by atoms with E-state index in [1.807, 2.05) is 59.8 Å². The van der Waals surface area contributed by atoms with Crippen molar-refractivity contribution in [2.75, 3.05) is 27.3 Å². The number of aliphatic hydroxyl groups is 1. The van der Waals surface area contributed by atoms with Crippen molar-refractivity contribution in [1.82, 2.24) is 10.1 Å². The first kappa shape index (κ1) is 38.7. The molecule has 0 saturated carbocycles. The minimum atomic E-state index is -2.85. The maximum absolute atomic E-state index is 15.3. The molecule has 0 amide bonds. The molecule has 3 aliphatic carbocycles. The van der Waals surface area contributed by atoms with Gasteiger partial charge in [-0.15, -0.1) is 0 Å². The van der Waals surface area contributed by atoms with E-state index in [1.54, 1.807) is 6.07 Å². The Morgan fingerprint density at radius 3 is 2.31 bits per heavy atom. The monoisotopic (exact) mass is 724 g/mol. The fraction of sp³-hybridized carbons (Fsp3) is 0.641. The Balaban J connectivity index is 1.81. The number of hydrogen-bond acceptors (Lipinski definition) is 11. The third-order valence-electron chi connectivity index (χ3n) is 11.0. The van der Waals surface area contributed by atoms with Crippen LogP contribution in [0.25, 0.3) is 0 Å². The number of Topliss-reactive ketones (excluding diaryl/α,β-unsaturated/α-hetero) is 2. The number of rotatable bonds is 14. The SMILES string of the molecule is CCCCOc1cc(C=O)c(OC(C)C)c2c1C(=O)C1=C(O)[C@]3(O[Si](C)(C)C(C)(C)C)C(=O)c4c(OCCCC)noc4[C@@H](N(C)C)[C@@H]3C[C@@H]1C2. The lowest BCUT2D eigenvalue weighted by Gasteiger charge is -2.55. The minimum absolute atomic E-state index is 0.0654. The molecule has 0 radical (unpaired) electrons. The number of ketones is 2. The molecule has 11 nitrogen and oxygen atoms in total. The molecule has 12 heteroatoms. The Kier molecular flexibility index (Phi) is 11.0. The average Bonchev–Trinajstić information content (AvgIpc) is 3.45. The van der Waals surface area contributed by atoms with Crippen LogP contribution in [-0.4, -0.2) is 80.3 Å². The number of hydrogen-bond donors (Lipinski definition) is 1. The Hall–Kier alpha value is -3.48. The molecule has 0 spiro atoms. The number of aldehydes is 1. The van der Waals surface area contributed by atoms with Crippen molar-refractivity contribution >= 4 is 26.2 Å². The lowest BCUT2D eigenvalue weighted by atomic mass is 9.58. The molecule has 5 rings (SSSR count). The van der Waals surface area contributed by atoms with E-state index in [2.05, 4.69) is 25.9 Å². The maximum atomic E-state index is 15.3. The molecule has 0 fully saturated rings. The van der Waals surface area contributed by atoms with Gasteiger partial charge in [0.1, 0.15) is 22.8 Å². The summed E-state index contributed by atoms with van der Waals surface area (Å²) in [6.07, 6.45) is 4.29. The van der Waals surface area contributed by atoms with Gasteiger partial charge in [0.15, 0.2) is 31.7 Å². The Labute approximate surface area is 303 Å². The van der Waals surface area contributed by atoms with Gasteiger partial charge < -0.3 is 28.3 Å². The van der Waals surface area contributed by atoms with Crippen LogP contribution >= 0.6 is 0 Å². The molecule has 0 saturated heterocycles. The highest BCUT2D eigenvalue weighted by Crippen LogP contribution is 2.60. The molecule has 1 N–H and O–H groups in total. The number of carbonyl (C=O) groups excluding carboxylic acids is 3. The van der Waals surface area contributed by atoms with Gasteiger partial charge in [-0.05, 0) is 88.9 Å². The Morgan fingerprint density at radius 2 is 1.75 bits per heavy atom. The van der Waals surface area contributed by atoms with E-state index in [-0.39, 0.29) is 51.7 Å². The number of benzene rings is 1. The first-order chi connectivity index (χ1) is 24.0. The molecule has 0 aliphatic heterocycles. The molecule has 0 unspecified atom stereocenters. The summed E-state index contributed by atoms with van der Waals surface area (Å²) < 4.78 is 31.6. The van der Waals surface area contributed by atoms with Crippen molar-refractivity contribution in [3.05, 3.63) is 45.4 Å². The van der Waals surface area contributed by atoms with Crippen molar-refractivity contribution in [1.29, 1.82) is 0 Å². The van der Waals surface area contributed by atoms with Crippen LogP contribution in [0.4, 0.5) is 0 Å². The maximum Gasteiger partial charge on any atom is 0.265 e. The van der Waals surface area contributed by atoms with Gasteiger partial charge in [0.05, 0.1) is 36.5 Å². The second kappa shape index (κ2) is 14.5. The van der Waals surface area contributed by atoms with Crippen LogP contribution in [0.2, 0.25) is 18.1 Å². The van der Waals surface area contributed by atoms with Crippen LogP contribution < -0.4 is 14.2 Å². The molecular weight excluding hydrogens is 669 g/mol. The zero-order valence-electron chi connectivity index (χ0n) is 32.2. The number of ether oxygens (including phenoxy) is 3. The molecule has 1 aromatic heterocycles. The fourth-order valence-corrected chi connectivity index (χ4v) is 8.96. The van der Waals surface area contributed by atoms with Gasteiger partial charge in [0.25, 0.3) is 5.88 Å². The summed E-state index contributed by atoms with van der Waals surface area (Å²) in [4.78, 5) is 44.7. The van der Waals surface area contributed by atoms with Gasteiger partial charge in [0.2, 0.25) is 5.78 Å². The average molecular weight is 725 g/mol. The molecule has 0 bridgehead atoms. The normalized spacial score (nSPS) is 23.2. The van der Waals surface area contributed by atoms with Crippen LogP contribution in [0.15, 0.2) is 21.9 Å². The van der Waals surface area contributed by atoms with E-state index in [4.69, 9.17) is 23.2 Å². The van der Waals surface area contributed by atoms with Crippen molar-refractivity contribution in [2.24, 2.45) is 11.8 Å². The summed E-state index contributed by atoms with van der Waals surface area (Å²) in [6.45, 7) is 18.8. The summed E-state index contributed by atoms with van der Waals surface area (Å²) in [5.41, 5.74) is -0.535. The highest BCUT2D eigenvalue weighted by atomic mass is 28.4. The highest BCUT2D eigenvalue weighted by molar-refractivity contribution is 6.74. The van der Waals surface area contributed by atoms with Gasteiger partial charge in [0, 0.05) is 17.1 Å². The summed E-state index contributed by atoms with van der Waals surface area (Å²) in [5, 5.41) is 16.7. The second-order valence-electron chi connectivity index (χ2n) is 16.2. The fourth-order valence-electron chi connectivity index (χ4n) is 7.51. The number of allylic oxidation sites excluding steroid dienone is 1. The highest BCUT2D eigenvalue weighted by Gasteiger charge is 2.67. The largest absolute Gasteiger partial charge is 0.508 e. The predicted octanol–water partition coefficient (Wildman–Crippen LogP) is 8.08. The standard InChI is InChI=1S/C39H56N2O9Si/c1-12-14-16-46-27-20-24(21-42)33(48-22(3)4)25-18-23-19-26-31(41(8)9)34-30(37(40-49-34)47-17-15-13-2)36(45)39(26,50-51(10,11)38(5,6)7)35(44)28(23)32(43)29(25)27/h20-23,26,31,44H,12-19H2,1-11H3/t23-,26-,31-,39-/m0/s1. The summed E-state index contributed by atoms with van der Waals surface area (Å²) in [7, 11) is 0.935. The van der Waals surface area contributed by atoms with E-state index >= 15 is 9.59 Å². The molecule has 280 valence electrons. The predicted molar refractivity (Wildman–Crippen MR) is 196 cm³/mol. The van der Waals surface area contributed by atoms with E-state index in [9.17, 15) is 9.90 Å². The van der Waals surface area contributed by atoms with E-state index in [1.165, 1.54) is 0 Å².